The summed E-state index contributed by atoms with van der Waals surface area (Å²) in [4.78, 5) is 34.7. The fourth-order valence-corrected chi connectivity index (χ4v) is 4.92. The van der Waals surface area contributed by atoms with Crippen molar-refractivity contribution in [3.63, 3.8) is 0 Å². The highest BCUT2D eigenvalue weighted by atomic mass is 35.5. The Hall–Kier alpha value is -2.47. The lowest BCUT2D eigenvalue weighted by Crippen LogP contribution is -2.52. The maximum absolute atomic E-state index is 12.1. The van der Waals surface area contributed by atoms with Crippen molar-refractivity contribution in [1.82, 2.24) is 24.8 Å². The van der Waals surface area contributed by atoms with Crippen molar-refractivity contribution in [3.8, 4) is 5.75 Å². The van der Waals surface area contributed by atoms with E-state index in [1.54, 1.807) is 29.9 Å². The van der Waals surface area contributed by atoms with Crippen LogP contribution >= 0.6 is 36.4 Å². The summed E-state index contributed by atoms with van der Waals surface area (Å²) in [7, 11) is 1.73. The molecule has 0 aromatic carbocycles. The summed E-state index contributed by atoms with van der Waals surface area (Å²) in [6.45, 7) is 2.52. The van der Waals surface area contributed by atoms with Gasteiger partial charge in [0.05, 0.1) is 27.9 Å². The minimum absolute atomic E-state index is 0. The average molecular weight is 572 g/mol. The number of carbonyl (C=O) groups is 1. The minimum Gasteiger partial charge on any atom is -0.480 e. The van der Waals surface area contributed by atoms with Crippen molar-refractivity contribution >= 4 is 59.2 Å². The number of anilines is 1. The number of likely N-dealkylation sites (tertiary alicyclic amines) is 1. The zero-order valence-corrected chi connectivity index (χ0v) is 22.5. The van der Waals surface area contributed by atoms with Crippen LogP contribution in [0.2, 0.25) is 5.02 Å². The van der Waals surface area contributed by atoms with E-state index in [2.05, 4.69) is 25.5 Å². The number of amides is 1. The number of hydrogen-bond donors (Lipinski definition) is 3. The summed E-state index contributed by atoms with van der Waals surface area (Å²) < 4.78 is 6.93. The van der Waals surface area contributed by atoms with E-state index in [1.165, 1.54) is 6.07 Å². The first-order valence-corrected chi connectivity index (χ1v) is 12.0. The number of aryl methyl sites for hydroxylation is 1. The highest BCUT2D eigenvalue weighted by Crippen LogP contribution is 2.26. The van der Waals surface area contributed by atoms with E-state index >= 15 is 0 Å². The van der Waals surface area contributed by atoms with Crippen LogP contribution in [0.1, 0.15) is 17.7 Å². The van der Waals surface area contributed by atoms with E-state index in [9.17, 15) is 14.7 Å². The van der Waals surface area contributed by atoms with Gasteiger partial charge in [0.25, 0.3) is 11.5 Å². The molecule has 3 aromatic heterocycles. The monoisotopic (exact) mass is 570 g/mol. The lowest BCUT2D eigenvalue weighted by Gasteiger charge is -2.36. The van der Waals surface area contributed by atoms with Gasteiger partial charge in [0.15, 0.2) is 18.2 Å². The van der Waals surface area contributed by atoms with E-state index in [-0.39, 0.29) is 48.9 Å². The van der Waals surface area contributed by atoms with Gasteiger partial charge in [-0.3, -0.25) is 14.6 Å². The number of pyridine rings is 3. The molecule has 37 heavy (non-hydrogen) atoms. The number of nitrogens with one attached hydrogen (secondary N) is 2. The maximum Gasteiger partial charge on any atom is 0.263 e. The highest BCUT2D eigenvalue weighted by molar-refractivity contribution is 6.32. The lowest BCUT2D eigenvalue weighted by atomic mass is 10.0. The van der Waals surface area contributed by atoms with Crippen LogP contribution in [0.15, 0.2) is 35.3 Å². The van der Waals surface area contributed by atoms with Crippen LogP contribution in [0.4, 0.5) is 5.82 Å². The molecule has 5 rings (SSSR count). The first-order valence-electron chi connectivity index (χ1n) is 11.6. The van der Waals surface area contributed by atoms with Crippen molar-refractivity contribution < 1.29 is 14.6 Å². The molecule has 1 saturated heterocycles. The van der Waals surface area contributed by atoms with Crippen molar-refractivity contribution in [2.75, 3.05) is 31.6 Å². The molecule has 2 atom stereocenters. The molecule has 200 valence electrons. The molecule has 0 bridgehead atoms. The third-order valence-electron chi connectivity index (χ3n) is 6.61. The molecular weight excluding hydrogens is 543 g/mol. The summed E-state index contributed by atoms with van der Waals surface area (Å²) in [5.41, 5.74) is 3.03. The molecule has 2 aliphatic rings. The van der Waals surface area contributed by atoms with Gasteiger partial charge < -0.3 is 29.9 Å². The Labute approximate surface area is 231 Å². The summed E-state index contributed by atoms with van der Waals surface area (Å²) in [6, 6.07) is 6.80. The Kier molecular flexibility index (Phi) is 9.74. The smallest absolute Gasteiger partial charge is 0.263 e. The zero-order chi connectivity index (χ0) is 24.5. The van der Waals surface area contributed by atoms with Crippen LogP contribution in [-0.2, 0) is 24.8 Å². The van der Waals surface area contributed by atoms with Gasteiger partial charge in [0.1, 0.15) is 0 Å². The fraction of sp³-hybridized carbons (Fsp3) is 0.417. The Morgan fingerprint density at radius 1 is 1.24 bits per heavy atom. The predicted octanol–water partition coefficient (Wildman–Crippen LogP) is 1.92. The first-order chi connectivity index (χ1) is 16.9. The van der Waals surface area contributed by atoms with E-state index in [0.717, 1.165) is 35.3 Å². The van der Waals surface area contributed by atoms with E-state index in [4.69, 9.17) is 16.3 Å². The van der Waals surface area contributed by atoms with Gasteiger partial charge in [-0.2, -0.15) is 0 Å². The van der Waals surface area contributed by atoms with Crippen molar-refractivity contribution in [1.29, 1.82) is 0 Å². The van der Waals surface area contributed by atoms with Crippen LogP contribution in [-0.4, -0.2) is 68.8 Å². The molecule has 0 radical (unpaired) electrons. The van der Waals surface area contributed by atoms with Gasteiger partial charge in [-0.25, -0.2) is 4.98 Å². The fourth-order valence-electron chi connectivity index (χ4n) is 4.69. The largest absolute Gasteiger partial charge is 0.480 e. The molecule has 13 heteroatoms. The SMILES string of the molecule is Cl.Cl.Cn1c(=O)ccc2ncc(Cl)c(CCN3CC[C@H](NCc4ccc5c(n4)NC(=O)CO5)[C@@H](O)C3)c21. The number of ether oxygens (including phenoxy) is 1. The molecule has 0 unspecified atom stereocenters. The Morgan fingerprint density at radius 2 is 2.05 bits per heavy atom. The maximum atomic E-state index is 12.1. The number of nitrogens with zero attached hydrogens (tertiary/aromatic N) is 4. The van der Waals surface area contributed by atoms with Gasteiger partial charge in [-0.1, -0.05) is 11.6 Å². The normalized spacial score (nSPS) is 19.3. The number of aliphatic hydroxyl groups is 1. The molecule has 3 N–H and O–H groups in total. The van der Waals surface area contributed by atoms with Gasteiger partial charge in [-0.15, -0.1) is 24.8 Å². The Morgan fingerprint density at radius 3 is 2.84 bits per heavy atom. The lowest BCUT2D eigenvalue weighted by molar-refractivity contribution is -0.118. The quantitative estimate of drug-likeness (QED) is 0.410. The van der Waals surface area contributed by atoms with E-state index < -0.39 is 6.10 Å². The summed E-state index contributed by atoms with van der Waals surface area (Å²) >= 11 is 6.46. The van der Waals surface area contributed by atoms with E-state index in [0.29, 0.717) is 42.6 Å². The molecule has 1 fully saturated rings. The Bertz CT molecular complexity index is 1340. The van der Waals surface area contributed by atoms with Crippen LogP contribution < -0.4 is 20.9 Å². The number of rotatable bonds is 6. The Balaban J connectivity index is 0.00000190. The molecule has 0 saturated carbocycles. The number of aromatic nitrogens is 3. The second-order valence-corrected chi connectivity index (χ2v) is 9.34. The van der Waals surface area contributed by atoms with E-state index in [1.807, 2.05) is 6.07 Å². The van der Waals surface area contributed by atoms with Crippen LogP contribution in [0.5, 0.6) is 5.75 Å². The van der Waals surface area contributed by atoms with Gasteiger partial charge >= 0.3 is 0 Å². The zero-order valence-electron chi connectivity index (χ0n) is 20.1. The number of halogens is 3. The first kappa shape index (κ1) is 29.1. The summed E-state index contributed by atoms with van der Waals surface area (Å²) in [5, 5.41) is 17.4. The van der Waals surface area contributed by atoms with Crippen LogP contribution in [0.25, 0.3) is 11.0 Å². The second-order valence-electron chi connectivity index (χ2n) is 8.93. The molecule has 10 nitrogen and oxygen atoms in total. The molecule has 0 spiro atoms. The average Bonchev–Trinajstić information content (AvgIpc) is 2.85. The van der Waals surface area contributed by atoms with Crippen molar-refractivity contribution in [2.45, 2.75) is 31.5 Å². The summed E-state index contributed by atoms with van der Waals surface area (Å²) in [6.07, 6.45) is 2.50. The third-order valence-corrected chi connectivity index (χ3v) is 6.93. The molecule has 2 aliphatic heterocycles. The van der Waals surface area contributed by atoms with Crippen LogP contribution in [0.3, 0.4) is 0 Å². The standard InChI is InChI=1S/C24H27ClN6O4.2ClH/c1-30-22(34)5-3-18-23(30)15(16(25)11-27-18)6-8-31-9-7-17(19(32)12-31)26-10-14-2-4-20-24(28-14)29-21(33)13-35-20;;/h2-5,11,17,19,26,32H,6-10,12-13H2,1H3,(H,28,29,33);2*1H/t17-,19-;;/m0../s1. The topological polar surface area (TPSA) is 122 Å². The number of piperidine rings is 1. The molecule has 0 aliphatic carbocycles. The number of β-amino-alcohol motifs (C(OH)–C–C–N with tert-alkyl or cyclic N) is 1. The summed E-state index contributed by atoms with van der Waals surface area (Å²) in [5.74, 6) is 0.765. The molecule has 1 amide bonds. The van der Waals surface area contributed by atoms with Crippen LogP contribution in [0, 0.1) is 0 Å². The molecular formula is C24H29Cl3N6O4. The van der Waals surface area contributed by atoms with Gasteiger partial charge in [0, 0.05) is 45.0 Å². The number of aliphatic hydroxyl groups excluding tert-OH is 1. The number of fused-ring (bicyclic) bond motifs is 2. The predicted molar refractivity (Wildman–Crippen MR) is 146 cm³/mol. The van der Waals surface area contributed by atoms with Gasteiger partial charge in [0.2, 0.25) is 0 Å². The highest BCUT2D eigenvalue weighted by Gasteiger charge is 2.28. The second kappa shape index (κ2) is 12.4. The minimum atomic E-state index is -0.543. The molecule has 3 aromatic rings. The number of hydrogen-bond acceptors (Lipinski definition) is 8. The third kappa shape index (κ3) is 6.34. The van der Waals surface area contributed by atoms with Crippen molar-refractivity contribution in [2.24, 2.45) is 7.05 Å². The van der Waals surface area contributed by atoms with Crippen molar-refractivity contribution in [3.05, 3.63) is 57.1 Å². The number of carbonyl (C=O) groups excluding carboxylic acids is 1. The van der Waals surface area contributed by atoms with Gasteiger partial charge in [-0.05, 0) is 43.1 Å². The molecule has 5 heterocycles.